The highest BCUT2D eigenvalue weighted by molar-refractivity contribution is 7.13. The Bertz CT molecular complexity index is 495. The molecular formula is C10H11N3O4S. The van der Waals surface area contributed by atoms with E-state index in [2.05, 4.69) is 21.6 Å². The first-order valence-corrected chi connectivity index (χ1v) is 5.67. The average Bonchev–Trinajstić information content (AvgIpc) is 2.73. The zero-order chi connectivity index (χ0) is 13.5. The van der Waals surface area contributed by atoms with Crippen molar-refractivity contribution in [2.45, 2.75) is 6.92 Å². The van der Waals surface area contributed by atoms with Crippen LogP contribution < -0.4 is 5.73 Å². The smallest absolute Gasteiger partial charge is 0.363 e. The minimum absolute atomic E-state index is 0.0115. The van der Waals surface area contributed by atoms with Gasteiger partial charge in [-0.3, -0.25) is 0 Å². The van der Waals surface area contributed by atoms with Gasteiger partial charge >= 0.3 is 11.9 Å². The lowest BCUT2D eigenvalue weighted by Crippen LogP contribution is -2.20. The molecule has 0 aliphatic rings. The molecule has 0 spiro atoms. The monoisotopic (exact) mass is 269 g/mol. The molecule has 96 valence electrons. The standard InChI is InChI=1S/C10H11N3O4S/c1-3-4-16-9(15)8(13-17-6(2)14)7-5-18-10(11)12-7/h3,5H,1,4H2,2H3,(H2,11,12). The van der Waals surface area contributed by atoms with Crippen LogP contribution in [0.1, 0.15) is 12.6 Å². The summed E-state index contributed by atoms with van der Waals surface area (Å²) in [4.78, 5) is 30.6. The highest BCUT2D eigenvalue weighted by Crippen LogP contribution is 2.13. The third kappa shape index (κ3) is 3.98. The van der Waals surface area contributed by atoms with Gasteiger partial charge in [-0.05, 0) is 0 Å². The summed E-state index contributed by atoms with van der Waals surface area (Å²) in [7, 11) is 0. The van der Waals surface area contributed by atoms with Crippen molar-refractivity contribution < 1.29 is 19.2 Å². The van der Waals surface area contributed by atoms with Crippen molar-refractivity contribution in [2.24, 2.45) is 5.16 Å². The zero-order valence-electron chi connectivity index (χ0n) is 9.58. The molecule has 1 aromatic heterocycles. The number of aromatic nitrogens is 1. The fourth-order valence-corrected chi connectivity index (χ4v) is 1.45. The van der Waals surface area contributed by atoms with E-state index in [-0.39, 0.29) is 23.1 Å². The van der Waals surface area contributed by atoms with Gasteiger partial charge in [-0.1, -0.05) is 17.8 Å². The summed E-state index contributed by atoms with van der Waals surface area (Å²) >= 11 is 1.13. The lowest BCUT2D eigenvalue weighted by atomic mass is 10.3. The molecule has 0 fully saturated rings. The minimum Gasteiger partial charge on any atom is -0.457 e. The topological polar surface area (TPSA) is 104 Å². The average molecular weight is 269 g/mol. The van der Waals surface area contributed by atoms with E-state index in [0.717, 1.165) is 18.3 Å². The Hall–Kier alpha value is -2.22. The third-order valence-electron chi connectivity index (χ3n) is 1.56. The Morgan fingerprint density at radius 3 is 2.89 bits per heavy atom. The summed E-state index contributed by atoms with van der Waals surface area (Å²) in [5.74, 6) is -1.44. The molecule has 1 aromatic rings. The maximum Gasteiger partial charge on any atom is 0.363 e. The molecule has 2 N–H and O–H groups in total. The van der Waals surface area contributed by atoms with Gasteiger partial charge in [0.05, 0.1) is 0 Å². The van der Waals surface area contributed by atoms with Crippen LogP contribution in [0.2, 0.25) is 0 Å². The van der Waals surface area contributed by atoms with Crippen LogP contribution in [-0.4, -0.2) is 29.2 Å². The van der Waals surface area contributed by atoms with Crippen molar-refractivity contribution in [3.8, 4) is 0 Å². The van der Waals surface area contributed by atoms with Crippen molar-refractivity contribution >= 4 is 34.1 Å². The second kappa shape index (κ2) is 6.50. The molecule has 1 rings (SSSR count). The van der Waals surface area contributed by atoms with E-state index in [1.54, 1.807) is 0 Å². The molecule has 0 aromatic carbocycles. The molecule has 18 heavy (non-hydrogen) atoms. The molecule has 0 amide bonds. The Labute approximate surface area is 107 Å². The van der Waals surface area contributed by atoms with Gasteiger partial charge in [-0.25, -0.2) is 14.6 Å². The number of rotatable bonds is 5. The van der Waals surface area contributed by atoms with E-state index >= 15 is 0 Å². The number of carbonyl (C=O) groups excluding carboxylic acids is 2. The van der Waals surface area contributed by atoms with Crippen LogP contribution in [0.4, 0.5) is 5.13 Å². The molecule has 7 nitrogen and oxygen atoms in total. The van der Waals surface area contributed by atoms with Crippen molar-refractivity contribution in [3.63, 3.8) is 0 Å². The Morgan fingerprint density at radius 1 is 1.67 bits per heavy atom. The number of ether oxygens (including phenoxy) is 1. The van der Waals surface area contributed by atoms with Crippen molar-refractivity contribution in [2.75, 3.05) is 12.3 Å². The largest absolute Gasteiger partial charge is 0.457 e. The van der Waals surface area contributed by atoms with Gasteiger partial charge in [-0.2, -0.15) is 0 Å². The Morgan fingerprint density at radius 2 is 2.39 bits per heavy atom. The number of carbonyl (C=O) groups is 2. The number of hydrogen-bond donors (Lipinski definition) is 1. The molecule has 0 bridgehead atoms. The highest BCUT2D eigenvalue weighted by atomic mass is 32.1. The van der Waals surface area contributed by atoms with Gasteiger partial charge in [0.15, 0.2) is 5.13 Å². The second-order valence-electron chi connectivity index (χ2n) is 2.98. The minimum atomic E-state index is -0.776. The number of oxime groups is 1. The van der Waals surface area contributed by atoms with Crippen LogP contribution in [0.3, 0.4) is 0 Å². The fraction of sp³-hybridized carbons (Fsp3) is 0.200. The molecule has 1 heterocycles. The summed E-state index contributed by atoms with van der Waals surface area (Å²) in [5.41, 5.74) is 5.41. The van der Waals surface area contributed by atoms with E-state index < -0.39 is 11.9 Å². The number of anilines is 1. The maximum absolute atomic E-state index is 11.7. The number of nitrogens with zero attached hydrogens (tertiary/aromatic N) is 2. The van der Waals surface area contributed by atoms with Gasteiger partial charge in [0, 0.05) is 12.3 Å². The van der Waals surface area contributed by atoms with Gasteiger partial charge in [-0.15, -0.1) is 11.3 Å². The molecule has 0 atom stereocenters. The predicted molar refractivity (Wildman–Crippen MR) is 66.0 cm³/mol. The molecule has 0 aliphatic heterocycles. The summed E-state index contributed by atoms with van der Waals surface area (Å²) in [6.07, 6.45) is 1.40. The van der Waals surface area contributed by atoms with Gasteiger partial charge in [0.1, 0.15) is 12.3 Å². The van der Waals surface area contributed by atoms with Crippen LogP contribution in [0.25, 0.3) is 0 Å². The van der Waals surface area contributed by atoms with E-state index in [0.29, 0.717) is 0 Å². The quantitative estimate of drug-likeness (QED) is 0.278. The highest BCUT2D eigenvalue weighted by Gasteiger charge is 2.20. The number of nitrogen functional groups attached to an aromatic ring is 1. The first-order chi connectivity index (χ1) is 8.54. The predicted octanol–water partition coefficient (Wildman–Crippen LogP) is 0.722. The maximum atomic E-state index is 11.7. The molecule has 0 radical (unpaired) electrons. The van der Waals surface area contributed by atoms with Gasteiger partial charge < -0.3 is 15.3 Å². The SMILES string of the molecule is C=CCOC(=O)C(=NOC(C)=O)c1csc(N)n1. The number of hydrogen-bond acceptors (Lipinski definition) is 8. The van der Waals surface area contributed by atoms with Crippen LogP contribution >= 0.6 is 11.3 Å². The van der Waals surface area contributed by atoms with Crippen molar-refractivity contribution in [1.29, 1.82) is 0 Å². The normalized spacial score (nSPS) is 10.8. The fourth-order valence-electron chi connectivity index (χ4n) is 0.898. The van der Waals surface area contributed by atoms with E-state index in [9.17, 15) is 9.59 Å². The first-order valence-electron chi connectivity index (χ1n) is 4.79. The number of thiazole rings is 1. The van der Waals surface area contributed by atoms with Crippen molar-refractivity contribution in [1.82, 2.24) is 4.98 Å². The summed E-state index contributed by atoms with van der Waals surface area (Å²) in [5, 5.41) is 5.17. The molecule has 0 unspecified atom stereocenters. The van der Waals surface area contributed by atoms with Crippen LogP contribution in [0.5, 0.6) is 0 Å². The summed E-state index contributed by atoms with van der Waals surface area (Å²) in [6, 6.07) is 0. The molecule has 0 saturated carbocycles. The Balaban J connectivity index is 2.94. The van der Waals surface area contributed by atoms with Gasteiger partial charge in [0.2, 0.25) is 5.71 Å². The molecule has 8 heteroatoms. The Kier molecular flexibility index (Phi) is 5.00. The molecule has 0 saturated heterocycles. The van der Waals surface area contributed by atoms with Crippen LogP contribution in [-0.2, 0) is 19.2 Å². The molecular weight excluding hydrogens is 258 g/mol. The lowest BCUT2D eigenvalue weighted by molar-refractivity contribution is -0.141. The summed E-state index contributed by atoms with van der Waals surface area (Å²) in [6.45, 7) is 4.58. The third-order valence-corrected chi connectivity index (χ3v) is 2.23. The van der Waals surface area contributed by atoms with E-state index in [1.807, 2.05) is 0 Å². The van der Waals surface area contributed by atoms with Crippen LogP contribution in [0, 0.1) is 0 Å². The van der Waals surface area contributed by atoms with Crippen LogP contribution in [0.15, 0.2) is 23.2 Å². The lowest BCUT2D eigenvalue weighted by Gasteiger charge is -2.02. The first kappa shape index (κ1) is 13.8. The van der Waals surface area contributed by atoms with Gasteiger partial charge in [0.25, 0.3) is 0 Å². The second-order valence-corrected chi connectivity index (χ2v) is 3.87. The number of esters is 1. The summed E-state index contributed by atoms with van der Waals surface area (Å²) < 4.78 is 4.79. The molecule has 0 aliphatic carbocycles. The zero-order valence-corrected chi connectivity index (χ0v) is 10.4. The number of nitrogens with two attached hydrogens (primary N) is 1. The van der Waals surface area contributed by atoms with Crippen molar-refractivity contribution in [3.05, 3.63) is 23.7 Å². The van der Waals surface area contributed by atoms with E-state index in [1.165, 1.54) is 11.5 Å². The van der Waals surface area contributed by atoms with E-state index in [4.69, 9.17) is 10.5 Å².